The van der Waals surface area contributed by atoms with E-state index in [-0.39, 0.29) is 5.91 Å². The molecule has 11 heteroatoms. The van der Waals surface area contributed by atoms with Crippen molar-refractivity contribution in [3.8, 4) is 11.5 Å². The molecule has 0 saturated carbocycles. The van der Waals surface area contributed by atoms with E-state index in [1.165, 1.54) is 5.69 Å². The highest BCUT2D eigenvalue weighted by atomic mass is 16.5. The predicted octanol–water partition coefficient (Wildman–Crippen LogP) is 4.50. The summed E-state index contributed by atoms with van der Waals surface area (Å²) in [5.41, 5.74) is 11.7. The van der Waals surface area contributed by atoms with Crippen molar-refractivity contribution >= 4 is 34.3 Å². The number of nitrogens with zero attached hydrogens (tertiary/aromatic N) is 4. The first-order chi connectivity index (χ1) is 23.9. The van der Waals surface area contributed by atoms with Crippen LogP contribution in [0, 0.1) is 0 Å². The molecule has 11 nitrogen and oxygen atoms in total. The van der Waals surface area contributed by atoms with Gasteiger partial charge in [0.2, 0.25) is 0 Å². The normalized spacial score (nSPS) is 19.8. The lowest BCUT2D eigenvalue weighted by molar-refractivity contribution is -0.123. The smallest absolute Gasteiger partial charge is 0.265 e. The van der Waals surface area contributed by atoms with Gasteiger partial charge in [-0.05, 0) is 81.3 Å². The number of piperazine rings is 1. The lowest BCUT2D eigenvalue weighted by atomic mass is 9.99. The van der Waals surface area contributed by atoms with Crippen LogP contribution in [0.25, 0.3) is 0 Å². The van der Waals surface area contributed by atoms with Crippen LogP contribution >= 0.6 is 0 Å². The van der Waals surface area contributed by atoms with Gasteiger partial charge in [-0.25, -0.2) is 0 Å². The fourth-order valence-electron chi connectivity index (χ4n) is 6.78. The molecule has 1 atom stereocenters. The maximum atomic E-state index is 13.2. The number of carbonyl (C=O) groups excluding carboxylic acids is 1. The summed E-state index contributed by atoms with van der Waals surface area (Å²) < 4.78 is 22.7. The molecule has 49 heavy (non-hydrogen) atoms. The van der Waals surface area contributed by atoms with Gasteiger partial charge in [-0.15, -0.1) is 0 Å². The first-order valence-electron chi connectivity index (χ1n) is 17.7. The standard InChI is InChI=1S/C28H38N4O4.C10H14N2O/c1-20(2)30-10-12-32(13-11-30)25-19-24(34-3)18-21-4-9-26(36-27(21)25)28(33)29-22-5-7-23(8-6-22)31-14-16-35-17-15-31;11-9-1-3-10(4-2-9)12-5-7-13-8-6-12/h5-8,18-20,26H,4,9-17H2,1-3H3,(H,29,33);1-4H,5-8,11H2. The third kappa shape index (κ3) is 8.89. The van der Waals surface area contributed by atoms with E-state index in [2.05, 4.69) is 69.1 Å². The molecule has 0 radical (unpaired) electrons. The number of hydrogen-bond acceptors (Lipinski definition) is 10. The number of amides is 1. The summed E-state index contributed by atoms with van der Waals surface area (Å²) in [5.74, 6) is 1.55. The second kappa shape index (κ2) is 16.5. The van der Waals surface area contributed by atoms with E-state index in [0.717, 1.165) is 125 Å². The van der Waals surface area contributed by atoms with Crippen molar-refractivity contribution in [1.82, 2.24) is 4.90 Å². The van der Waals surface area contributed by atoms with Crippen LogP contribution in [-0.4, -0.2) is 109 Å². The van der Waals surface area contributed by atoms with Crippen LogP contribution in [0.2, 0.25) is 0 Å². The molecule has 3 aromatic rings. The Bertz CT molecular complexity index is 1500. The summed E-state index contributed by atoms with van der Waals surface area (Å²) in [7, 11) is 1.70. The van der Waals surface area contributed by atoms with Crippen LogP contribution in [0.1, 0.15) is 25.8 Å². The number of anilines is 5. The van der Waals surface area contributed by atoms with Gasteiger partial charge >= 0.3 is 0 Å². The Kier molecular flexibility index (Phi) is 11.7. The minimum Gasteiger partial charge on any atom is -0.497 e. The van der Waals surface area contributed by atoms with E-state index in [1.807, 2.05) is 30.3 Å². The van der Waals surface area contributed by atoms with E-state index in [9.17, 15) is 4.79 Å². The van der Waals surface area contributed by atoms with Crippen LogP contribution in [0.15, 0.2) is 60.7 Å². The summed E-state index contributed by atoms with van der Waals surface area (Å²) in [5, 5.41) is 3.06. The zero-order valence-electron chi connectivity index (χ0n) is 29.2. The van der Waals surface area contributed by atoms with Gasteiger partial charge in [-0.2, -0.15) is 0 Å². The fraction of sp³-hybridized carbons (Fsp3) is 0.500. The molecule has 1 unspecified atom stereocenters. The molecule has 1 amide bonds. The van der Waals surface area contributed by atoms with Crippen LogP contribution < -0.4 is 35.2 Å². The van der Waals surface area contributed by atoms with E-state index in [1.54, 1.807) is 7.11 Å². The highest BCUT2D eigenvalue weighted by Gasteiger charge is 2.31. The summed E-state index contributed by atoms with van der Waals surface area (Å²) >= 11 is 0. The molecule has 3 saturated heterocycles. The summed E-state index contributed by atoms with van der Waals surface area (Å²) in [4.78, 5) is 22.6. The van der Waals surface area contributed by atoms with Gasteiger partial charge in [0.1, 0.15) is 11.5 Å². The number of nitrogens with one attached hydrogen (secondary N) is 1. The minimum atomic E-state index is -0.527. The molecule has 3 N–H and O–H groups in total. The first-order valence-corrected chi connectivity index (χ1v) is 17.7. The molecular weight excluding hydrogens is 620 g/mol. The topological polar surface area (TPSA) is 105 Å². The molecule has 264 valence electrons. The molecule has 3 fully saturated rings. The average Bonchev–Trinajstić information content (AvgIpc) is 3.15. The maximum absolute atomic E-state index is 13.2. The molecule has 0 bridgehead atoms. The Labute approximate surface area is 290 Å². The second-order valence-electron chi connectivity index (χ2n) is 13.2. The fourth-order valence-corrected chi connectivity index (χ4v) is 6.78. The highest BCUT2D eigenvalue weighted by molar-refractivity contribution is 5.95. The van der Waals surface area contributed by atoms with Crippen LogP contribution in [0.5, 0.6) is 11.5 Å². The van der Waals surface area contributed by atoms with Crippen molar-refractivity contribution < 1.29 is 23.7 Å². The number of methoxy groups -OCH3 is 1. The maximum Gasteiger partial charge on any atom is 0.265 e. The van der Waals surface area contributed by atoms with E-state index >= 15 is 0 Å². The zero-order chi connectivity index (χ0) is 34.2. The molecule has 0 spiro atoms. The van der Waals surface area contributed by atoms with Crippen molar-refractivity contribution in [3.63, 3.8) is 0 Å². The average molecular weight is 673 g/mol. The van der Waals surface area contributed by atoms with Gasteiger partial charge in [-0.1, -0.05) is 0 Å². The molecule has 4 aliphatic rings. The highest BCUT2D eigenvalue weighted by Crippen LogP contribution is 2.41. The molecule has 0 aliphatic carbocycles. The van der Waals surface area contributed by atoms with Crippen molar-refractivity contribution in [2.24, 2.45) is 0 Å². The number of benzene rings is 3. The third-order valence-electron chi connectivity index (χ3n) is 9.75. The quantitative estimate of drug-likeness (QED) is 0.349. The van der Waals surface area contributed by atoms with Crippen LogP contribution in [0.4, 0.5) is 28.4 Å². The Morgan fingerprint density at radius 2 is 1.37 bits per heavy atom. The van der Waals surface area contributed by atoms with Crippen molar-refractivity contribution in [3.05, 3.63) is 66.2 Å². The molecule has 7 rings (SSSR count). The lowest BCUT2D eigenvalue weighted by Gasteiger charge is -2.39. The Morgan fingerprint density at radius 3 is 1.92 bits per heavy atom. The van der Waals surface area contributed by atoms with E-state index in [4.69, 9.17) is 24.7 Å². The number of morpholine rings is 2. The van der Waals surface area contributed by atoms with E-state index < -0.39 is 6.10 Å². The van der Waals surface area contributed by atoms with Crippen molar-refractivity contribution in [2.45, 2.75) is 38.8 Å². The third-order valence-corrected chi connectivity index (χ3v) is 9.75. The number of nitrogens with two attached hydrogens (primary N) is 1. The van der Waals surface area contributed by atoms with Crippen molar-refractivity contribution in [2.75, 3.05) is 112 Å². The number of aryl methyl sites for hydroxylation is 1. The number of rotatable bonds is 7. The van der Waals surface area contributed by atoms with Gasteiger partial charge in [0, 0.05) is 92.8 Å². The Morgan fingerprint density at radius 1 is 0.796 bits per heavy atom. The van der Waals surface area contributed by atoms with Gasteiger partial charge in [0.25, 0.3) is 5.91 Å². The number of hydrogen-bond donors (Lipinski definition) is 2. The Balaban J connectivity index is 0.000000267. The van der Waals surface area contributed by atoms with Gasteiger partial charge < -0.3 is 44.7 Å². The lowest BCUT2D eigenvalue weighted by Crippen LogP contribution is -2.49. The van der Waals surface area contributed by atoms with Crippen LogP contribution in [0.3, 0.4) is 0 Å². The largest absolute Gasteiger partial charge is 0.497 e. The molecule has 3 aromatic carbocycles. The molecule has 4 aliphatic heterocycles. The SMILES string of the molecule is COc1cc2c(c(N3CCN(C(C)C)CC3)c1)OC(C(=O)Nc1ccc(N3CCOCC3)cc1)CC2.Nc1ccc(N2CCOCC2)cc1. The Hall–Kier alpha value is -4.19. The second-order valence-corrected chi connectivity index (χ2v) is 13.2. The summed E-state index contributed by atoms with van der Waals surface area (Å²) in [6, 6.07) is 20.7. The van der Waals surface area contributed by atoms with Crippen molar-refractivity contribution in [1.29, 1.82) is 0 Å². The first kappa shape index (κ1) is 34.7. The molecule has 0 aromatic heterocycles. The van der Waals surface area contributed by atoms with Gasteiger partial charge in [0.15, 0.2) is 6.10 Å². The van der Waals surface area contributed by atoms with Gasteiger partial charge in [0.05, 0.1) is 39.2 Å². The number of nitrogen functional groups attached to an aromatic ring is 1. The number of carbonyl (C=O) groups is 1. The van der Waals surface area contributed by atoms with E-state index in [0.29, 0.717) is 12.5 Å². The van der Waals surface area contributed by atoms with Gasteiger partial charge in [-0.3, -0.25) is 9.69 Å². The molecule has 4 heterocycles. The number of ether oxygens (including phenoxy) is 4. The zero-order valence-corrected chi connectivity index (χ0v) is 29.2. The number of fused-ring (bicyclic) bond motifs is 1. The summed E-state index contributed by atoms with van der Waals surface area (Å²) in [6.45, 7) is 15.2. The minimum absolute atomic E-state index is 0.105. The van der Waals surface area contributed by atoms with Crippen LogP contribution in [-0.2, 0) is 20.7 Å². The molecular formula is C38H52N6O5. The monoisotopic (exact) mass is 672 g/mol. The summed E-state index contributed by atoms with van der Waals surface area (Å²) in [6.07, 6.45) is 0.887. The predicted molar refractivity (Wildman–Crippen MR) is 197 cm³/mol.